The molecule has 15 heavy (non-hydrogen) atoms. The summed E-state index contributed by atoms with van der Waals surface area (Å²) in [5.74, 6) is 1.10. The molecular weight excluding hydrogens is 190 g/mol. The van der Waals surface area contributed by atoms with E-state index in [1.165, 1.54) is 12.8 Å². The van der Waals surface area contributed by atoms with Crippen LogP contribution in [-0.2, 0) is 9.53 Å². The van der Waals surface area contributed by atoms with Gasteiger partial charge in [-0.3, -0.25) is 4.79 Å². The molecule has 3 nitrogen and oxygen atoms in total. The number of carbonyl (C=O) groups is 1. The summed E-state index contributed by atoms with van der Waals surface area (Å²) in [6.07, 6.45) is 6.51. The first-order valence-electron chi connectivity index (χ1n) is 6.22. The molecule has 0 aromatic heterocycles. The van der Waals surface area contributed by atoms with Gasteiger partial charge < -0.3 is 9.64 Å². The highest BCUT2D eigenvalue weighted by Crippen LogP contribution is 2.21. The van der Waals surface area contributed by atoms with E-state index < -0.39 is 0 Å². The first-order valence-corrected chi connectivity index (χ1v) is 6.22. The lowest BCUT2D eigenvalue weighted by atomic mass is 9.95. The summed E-state index contributed by atoms with van der Waals surface area (Å²) in [7, 11) is 0. The van der Waals surface area contributed by atoms with Crippen molar-refractivity contribution in [3.8, 4) is 0 Å². The van der Waals surface area contributed by atoms with E-state index in [9.17, 15) is 4.79 Å². The van der Waals surface area contributed by atoms with Crippen LogP contribution in [0.4, 0.5) is 0 Å². The lowest BCUT2D eigenvalue weighted by Crippen LogP contribution is -2.28. The number of rotatable bonds is 3. The quantitative estimate of drug-likeness (QED) is 0.712. The Balaban J connectivity index is 1.65. The van der Waals surface area contributed by atoms with Gasteiger partial charge in [-0.15, -0.1) is 0 Å². The van der Waals surface area contributed by atoms with Gasteiger partial charge >= 0.3 is 0 Å². The van der Waals surface area contributed by atoms with Crippen molar-refractivity contribution in [2.45, 2.75) is 38.5 Å². The van der Waals surface area contributed by atoms with E-state index in [0.717, 1.165) is 57.9 Å². The van der Waals surface area contributed by atoms with Crippen LogP contribution in [-0.4, -0.2) is 37.1 Å². The zero-order chi connectivity index (χ0) is 10.5. The SMILES string of the molecule is O=C(CCC1CCOCC1)N1CCCC1. The van der Waals surface area contributed by atoms with Crippen molar-refractivity contribution in [2.24, 2.45) is 5.92 Å². The van der Waals surface area contributed by atoms with E-state index in [1.54, 1.807) is 0 Å². The number of carbonyl (C=O) groups excluding carboxylic acids is 1. The summed E-state index contributed by atoms with van der Waals surface area (Å²) < 4.78 is 5.31. The molecule has 0 aromatic rings. The summed E-state index contributed by atoms with van der Waals surface area (Å²) in [6, 6.07) is 0. The lowest BCUT2D eigenvalue weighted by Gasteiger charge is -2.22. The van der Waals surface area contributed by atoms with Crippen molar-refractivity contribution in [1.29, 1.82) is 0 Å². The van der Waals surface area contributed by atoms with Gasteiger partial charge in [-0.05, 0) is 38.0 Å². The smallest absolute Gasteiger partial charge is 0.222 e. The van der Waals surface area contributed by atoms with Gasteiger partial charge in [0, 0.05) is 32.7 Å². The molecular formula is C12H21NO2. The van der Waals surface area contributed by atoms with E-state index in [1.807, 2.05) is 4.90 Å². The normalized spacial score (nSPS) is 23.3. The van der Waals surface area contributed by atoms with Gasteiger partial charge in [-0.2, -0.15) is 0 Å². The molecule has 0 spiro atoms. The van der Waals surface area contributed by atoms with Crippen LogP contribution in [0.5, 0.6) is 0 Å². The van der Waals surface area contributed by atoms with Crippen LogP contribution in [0.1, 0.15) is 38.5 Å². The molecule has 1 amide bonds. The Morgan fingerprint density at radius 1 is 1.20 bits per heavy atom. The maximum atomic E-state index is 11.8. The van der Waals surface area contributed by atoms with E-state index in [4.69, 9.17) is 4.74 Å². The molecule has 0 bridgehead atoms. The summed E-state index contributed by atoms with van der Waals surface area (Å²) in [6.45, 7) is 3.77. The summed E-state index contributed by atoms with van der Waals surface area (Å²) >= 11 is 0. The molecule has 2 fully saturated rings. The number of hydrogen-bond donors (Lipinski definition) is 0. The fourth-order valence-electron chi connectivity index (χ4n) is 2.49. The van der Waals surface area contributed by atoms with E-state index in [-0.39, 0.29) is 0 Å². The van der Waals surface area contributed by atoms with Crippen LogP contribution < -0.4 is 0 Å². The maximum absolute atomic E-state index is 11.8. The number of likely N-dealkylation sites (tertiary alicyclic amines) is 1. The van der Waals surface area contributed by atoms with E-state index in [2.05, 4.69) is 0 Å². The Morgan fingerprint density at radius 2 is 1.87 bits per heavy atom. The van der Waals surface area contributed by atoms with Crippen LogP contribution in [0.25, 0.3) is 0 Å². The predicted octanol–water partition coefficient (Wildman–Crippen LogP) is 1.82. The zero-order valence-corrected chi connectivity index (χ0v) is 9.41. The molecule has 2 saturated heterocycles. The lowest BCUT2D eigenvalue weighted by molar-refractivity contribution is -0.130. The largest absolute Gasteiger partial charge is 0.381 e. The monoisotopic (exact) mass is 211 g/mol. The maximum Gasteiger partial charge on any atom is 0.222 e. The second-order valence-corrected chi connectivity index (χ2v) is 4.68. The molecule has 86 valence electrons. The zero-order valence-electron chi connectivity index (χ0n) is 9.41. The molecule has 0 N–H and O–H groups in total. The molecule has 0 atom stereocenters. The highest BCUT2D eigenvalue weighted by atomic mass is 16.5. The van der Waals surface area contributed by atoms with Gasteiger partial charge in [0.25, 0.3) is 0 Å². The topological polar surface area (TPSA) is 29.5 Å². The van der Waals surface area contributed by atoms with Crippen LogP contribution in [0.2, 0.25) is 0 Å². The second kappa shape index (κ2) is 5.50. The molecule has 0 unspecified atom stereocenters. The van der Waals surface area contributed by atoms with Crippen molar-refractivity contribution in [1.82, 2.24) is 4.90 Å². The van der Waals surface area contributed by atoms with E-state index in [0.29, 0.717) is 5.91 Å². The molecule has 3 heteroatoms. The molecule has 2 heterocycles. The van der Waals surface area contributed by atoms with Gasteiger partial charge in [0.15, 0.2) is 0 Å². The third-order valence-electron chi connectivity index (χ3n) is 3.57. The Morgan fingerprint density at radius 3 is 2.53 bits per heavy atom. The average Bonchev–Trinajstić information content (AvgIpc) is 2.81. The standard InChI is InChI=1S/C12H21NO2/c14-12(13-7-1-2-8-13)4-3-11-5-9-15-10-6-11/h11H,1-10H2. The molecule has 0 radical (unpaired) electrons. The van der Waals surface area contributed by atoms with Gasteiger partial charge in [0.05, 0.1) is 0 Å². The first-order chi connectivity index (χ1) is 7.36. The average molecular weight is 211 g/mol. The Labute approximate surface area is 91.8 Å². The summed E-state index contributed by atoms with van der Waals surface area (Å²) in [5.41, 5.74) is 0. The predicted molar refractivity (Wildman–Crippen MR) is 58.6 cm³/mol. The highest BCUT2D eigenvalue weighted by Gasteiger charge is 2.20. The van der Waals surface area contributed by atoms with Gasteiger partial charge in [-0.25, -0.2) is 0 Å². The van der Waals surface area contributed by atoms with E-state index >= 15 is 0 Å². The van der Waals surface area contributed by atoms with Gasteiger partial charge in [-0.1, -0.05) is 0 Å². The highest BCUT2D eigenvalue weighted by molar-refractivity contribution is 5.76. The second-order valence-electron chi connectivity index (χ2n) is 4.68. The van der Waals surface area contributed by atoms with Crippen molar-refractivity contribution in [3.05, 3.63) is 0 Å². The Bertz CT molecular complexity index is 206. The van der Waals surface area contributed by atoms with Crippen molar-refractivity contribution >= 4 is 5.91 Å². The fourth-order valence-corrected chi connectivity index (χ4v) is 2.49. The molecule has 0 aliphatic carbocycles. The van der Waals surface area contributed by atoms with Gasteiger partial charge in [0.2, 0.25) is 5.91 Å². The number of ether oxygens (including phenoxy) is 1. The molecule has 0 saturated carbocycles. The minimum atomic E-state index is 0.374. The van der Waals surface area contributed by atoms with Crippen molar-refractivity contribution in [3.63, 3.8) is 0 Å². The molecule has 2 aliphatic rings. The molecule has 2 aliphatic heterocycles. The van der Waals surface area contributed by atoms with Crippen LogP contribution >= 0.6 is 0 Å². The van der Waals surface area contributed by atoms with Crippen molar-refractivity contribution < 1.29 is 9.53 Å². The third-order valence-corrected chi connectivity index (χ3v) is 3.57. The summed E-state index contributed by atoms with van der Waals surface area (Å²) in [5, 5.41) is 0. The van der Waals surface area contributed by atoms with Crippen LogP contribution in [0.15, 0.2) is 0 Å². The number of hydrogen-bond acceptors (Lipinski definition) is 2. The minimum Gasteiger partial charge on any atom is -0.381 e. The van der Waals surface area contributed by atoms with Crippen LogP contribution in [0.3, 0.4) is 0 Å². The summed E-state index contributed by atoms with van der Waals surface area (Å²) in [4.78, 5) is 13.8. The third kappa shape index (κ3) is 3.20. The number of nitrogens with zero attached hydrogens (tertiary/aromatic N) is 1. The van der Waals surface area contributed by atoms with Crippen molar-refractivity contribution in [2.75, 3.05) is 26.3 Å². The minimum absolute atomic E-state index is 0.374. The fraction of sp³-hybridized carbons (Fsp3) is 0.917. The molecule has 2 rings (SSSR count). The molecule has 0 aromatic carbocycles. The Kier molecular flexibility index (Phi) is 4.01. The van der Waals surface area contributed by atoms with Crippen LogP contribution in [0, 0.1) is 5.92 Å². The number of amides is 1. The van der Waals surface area contributed by atoms with Gasteiger partial charge in [0.1, 0.15) is 0 Å². The Hall–Kier alpha value is -0.570. The first kappa shape index (κ1) is 10.9.